The van der Waals surface area contributed by atoms with E-state index in [1.807, 2.05) is 27.7 Å². The zero-order valence-corrected chi connectivity index (χ0v) is 20.4. The minimum absolute atomic E-state index is 0.0473. The van der Waals surface area contributed by atoms with Gasteiger partial charge in [0.1, 0.15) is 23.7 Å². The zero-order valence-electron chi connectivity index (χ0n) is 20.4. The minimum atomic E-state index is -3.36. The fourth-order valence-electron chi connectivity index (χ4n) is 3.01. The van der Waals surface area contributed by atoms with Crippen LogP contribution in [0.5, 0.6) is 5.75 Å². The topological polar surface area (TPSA) is 93.9 Å². The van der Waals surface area contributed by atoms with Gasteiger partial charge < -0.3 is 30.2 Å². The molecule has 1 saturated heterocycles. The molecule has 9 heteroatoms. The van der Waals surface area contributed by atoms with Crippen LogP contribution in [-0.4, -0.2) is 61.7 Å². The number of ether oxygens (including phenoxy) is 2. The number of unbranched alkanes of at least 4 members (excludes halogenated alkanes) is 1. The van der Waals surface area contributed by atoms with Crippen molar-refractivity contribution >= 4 is 12.4 Å². The molecule has 1 fully saturated rings. The van der Waals surface area contributed by atoms with Gasteiger partial charge in [-0.1, -0.05) is 13.3 Å². The van der Waals surface area contributed by atoms with Crippen LogP contribution in [0.25, 0.3) is 0 Å². The summed E-state index contributed by atoms with van der Waals surface area (Å²) in [5.74, 6) is -2.83. The van der Waals surface area contributed by atoms with E-state index >= 15 is 0 Å². The number of likely N-dealkylation sites (tertiary alicyclic amines) is 1. The summed E-state index contributed by atoms with van der Waals surface area (Å²) in [6.45, 7) is 10.3. The quantitative estimate of drug-likeness (QED) is 0.438. The first-order valence-corrected chi connectivity index (χ1v) is 11.4. The number of nitrogens with one attached hydrogen (secondary N) is 1. The molecule has 0 spiro atoms. The molecule has 1 aliphatic heterocycles. The molecule has 0 aliphatic carbocycles. The van der Waals surface area contributed by atoms with Gasteiger partial charge >= 0.3 is 6.09 Å². The number of piperidine rings is 1. The lowest BCUT2D eigenvalue weighted by atomic mass is 10.0. The maximum Gasteiger partial charge on any atom is 0.407 e. The van der Waals surface area contributed by atoms with Gasteiger partial charge in [-0.05, 0) is 84.4 Å². The summed E-state index contributed by atoms with van der Waals surface area (Å²) in [7, 11) is 2.10. The monoisotopic (exact) mass is 471 g/mol. The lowest BCUT2D eigenvalue weighted by molar-refractivity contribution is -0.118. The Hall–Kier alpha value is -2.26. The number of hydrogen-bond donors (Lipinski definition) is 2. The highest BCUT2D eigenvalue weighted by Crippen LogP contribution is 2.31. The van der Waals surface area contributed by atoms with Gasteiger partial charge in [0.2, 0.25) is 0 Å². The molecule has 33 heavy (non-hydrogen) atoms. The van der Waals surface area contributed by atoms with Crippen molar-refractivity contribution < 1.29 is 27.8 Å². The number of amides is 1. The van der Waals surface area contributed by atoms with Crippen LogP contribution < -0.4 is 15.8 Å². The van der Waals surface area contributed by atoms with Crippen molar-refractivity contribution in [1.29, 1.82) is 0 Å². The van der Waals surface area contributed by atoms with Crippen LogP contribution in [0.3, 0.4) is 0 Å². The van der Waals surface area contributed by atoms with E-state index in [4.69, 9.17) is 15.2 Å². The first kappa shape index (κ1) is 28.8. The van der Waals surface area contributed by atoms with E-state index in [0.717, 1.165) is 38.8 Å². The zero-order chi connectivity index (χ0) is 25.1. The van der Waals surface area contributed by atoms with Gasteiger partial charge in [-0.25, -0.2) is 4.79 Å². The number of benzene rings is 1. The lowest BCUT2D eigenvalue weighted by Gasteiger charge is -2.30. The van der Waals surface area contributed by atoms with E-state index in [1.54, 1.807) is 0 Å². The van der Waals surface area contributed by atoms with Gasteiger partial charge in [0.25, 0.3) is 5.92 Å². The summed E-state index contributed by atoms with van der Waals surface area (Å²) in [6.07, 6.45) is 3.69. The molecule has 7 nitrogen and oxygen atoms in total. The van der Waals surface area contributed by atoms with Crippen LogP contribution in [0.15, 0.2) is 24.3 Å². The van der Waals surface area contributed by atoms with E-state index < -0.39 is 17.6 Å². The van der Waals surface area contributed by atoms with E-state index in [0.29, 0.717) is 12.4 Å². The highest BCUT2D eigenvalue weighted by atomic mass is 19.3. The lowest BCUT2D eigenvalue weighted by Crippen LogP contribution is -2.45. The Labute approximate surface area is 196 Å². The van der Waals surface area contributed by atoms with Crippen molar-refractivity contribution in [1.82, 2.24) is 10.2 Å². The number of aldehydes is 1. The smallest absolute Gasteiger partial charge is 0.407 e. The van der Waals surface area contributed by atoms with Crippen molar-refractivity contribution in [3.63, 3.8) is 0 Å². The third kappa shape index (κ3) is 10.9. The minimum Gasteiger partial charge on any atom is -0.494 e. The van der Waals surface area contributed by atoms with Gasteiger partial charge in [-0.2, -0.15) is 8.78 Å². The molecule has 1 aromatic rings. The summed E-state index contributed by atoms with van der Waals surface area (Å²) < 4.78 is 37.7. The van der Waals surface area contributed by atoms with E-state index in [9.17, 15) is 18.4 Å². The van der Waals surface area contributed by atoms with Crippen molar-refractivity contribution in [2.24, 2.45) is 5.73 Å². The highest BCUT2D eigenvalue weighted by molar-refractivity contribution is 5.68. The van der Waals surface area contributed by atoms with Crippen LogP contribution in [-0.2, 0) is 15.5 Å². The Morgan fingerprint density at radius 2 is 1.82 bits per heavy atom. The summed E-state index contributed by atoms with van der Waals surface area (Å²) in [5.41, 5.74) is 4.38. The second-order valence-electron chi connectivity index (χ2n) is 9.24. The third-order valence-electron chi connectivity index (χ3n) is 5.01. The maximum absolute atomic E-state index is 13.6. The van der Waals surface area contributed by atoms with Gasteiger partial charge in [0.15, 0.2) is 0 Å². The predicted octanol–water partition coefficient (Wildman–Crippen LogP) is 4.09. The molecular weight excluding hydrogens is 432 g/mol. The number of alkyl halides is 2. The number of nitrogens with two attached hydrogens (primary N) is 1. The fourth-order valence-corrected chi connectivity index (χ4v) is 3.01. The molecule has 0 radical (unpaired) electrons. The van der Waals surface area contributed by atoms with E-state index in [2.05, 4.69) is 17.3 Å². The fraction of sp³-hybridized carbons (Fsp3) is 0.667. The first-order valence-electron chi connectivity index (χ1n) is 11.4. The molecule has 1 aromatic carbocycles. The molecule has 1 atom stereocenters. The number of nitrogens with zero attached hydrogens (tertiary/aromatic N) is 1. The van der Waals surface area contributed by atoms with Crippen LogP contribution in [0.2, 0.25) is 0 Å². The third-order valence-corrected chi connectivity index (χ3v) is 5.01. The van der Waals surface area contributed by atoms with Gasteiger partial charge in [0.05, 0.1) is 6.61 Å². The normalized spacial score (nSPS) is 16.2. The van der Waals surface area contributed by atoms with Crippen LogP contribution in [0, 0.1) is 0 Å². The predicted molar refractivity (Wildman–Crippen MR) is 125 cm³/mol. The van der Waals surface area contributed by atoms with Crippen LogP contribution >= 0.6 is 0 Å². The molecule has 2 rings (SSSR count). The van der Waals surface area contributed by atoms with Gasteiger partial charge in [0, 0.05) is 11.6 Å². The Morgan fingerprint density at radius 3 is 2.30 bits per heavy atom. The molecule has 1 unspecified atom stereocenters. The number of alkyl carbamates (subject to hydrolysis) is 1. The molecule has 0 bridgehead atoms. The largest absolute Gasteiger partial charge is 0.494 e. The second-order valence-corrected chi connectivity index (χ2v) is 9.24. The van der Waals surface area contributed by atoms with Crippen LogP contribution in [0.1, 0.15) is 58.9 Å². The Kier molecular flexibility index (Phi) is 11.7. The summed E-state index contributed by atoms with van der Waals surface area (Å²) in [5, 5.41) is 2.91. The molecular formula is C24H39F2N3O4. The summed E-state index contributed by atoms with van der Waals surface area (Å²) in [4.78, 5) is 24.1. The number of rotatable bonds is 8. The molecule has 1 aliphatic rings. The molecule has 0 saturated carbocycles. The average Bonchev–Trinajstić information content (AvgIpc) is 2.74. The Morgan fingerprint density at radius 1 is 1.24 bits per heavy atom. The second kappa shape index (κ2) is 13.4. The summed E-state index contributed by atoms with van der Waals surface area (Å²) >= 11 is 0. The Balaban J connectivity index is 0.000000335. The SMILES string of the molecule is CCCCOc1ccc(C(F)(F)C(N)C=O)cc1.CN1CCC(NC(=O)OC(C)(C)C)CC1. The molecule has 188 valence electrons. The van der Waals surface area contributed by atoms with E-state index in [-0.39, 0.29) is 24.0 Å². The molecule has 0 aromatic heterocycles. The van der Waals surface area contributed by atoms with Crippen molar-refractivity contribution in [2.45, 2.75) is 77.0 Å². The van der Waals surface area contributed by atoms with Crippen molar-refractivity contribution in [3.8, 4) is 5.75 Å². The van der Waals surface area contributed by atoms with Crippen molar-refractivity contribution in [3.05, 3.63) is 29.8 Å². The standard InChI is InChI=1S/C13H17F2NO2.C11H22N2O2/c1-2-3-8-18-11-6-4-10(5-7-11)13(14,15)12(16)9-17;1-11(2,3)15-10(14)12-9-5-7-13(4)8-6-9/h4-7,9,12H,2-3,8,16H2,1H3;9H,5-8H2,1-4H3,(H,12,14). The number of hydrogen-bond acceptors (Lipinski definition) is 6. The first-order chi connectivity index (χ1) is 15.4. The molecule has 1 heterocycles. The van der Waals surface area contributed by atoms with Gasteiger partial charge in [-0.15, -0.1) is 0 Å². The molecule has 3 N–H and O–H groups in total. The number of halogens is 2. The number of carbonyl (C=O) groups excluding carboxylic acids is 2. The van der Waals surface area contributed by atoms with Crippen molar-refractivity contribution in [2.75, 3.05) is 26.7 Å². The van der Waals surface area contributed by atoms with Gasteiger partial charge in [-0.3, -0.25) is 0 Å². The highest BCUT2D eigenvalue weighted by Gasteiger charge is 2.38. The van der Waals surface area contributed by atoms with E-state index in [1.165, 1.54) is 24.3 Å². The molecule has 1 amide bonds. The maximum atomic E-state index is 13.6. The average molecular weight is 472 g/mol. The Bertz CT molecular complexity index is 715. The summed E-state index contributed by atoms with van der Waals surface area (Å²) in [6, 6.07) is 3.81. The number of carbonyl (C=O) groups is 2. The van der Waals surface area contributed by atoms with Crippen LogP contribution in [0.4, 0.5) is 13.6 Å².